The number of hydrogen-bond donors (Lipinski definition) is 6. The number of allylic oxidation sites excluding steroid dienone is 2. The third-order valence-electron chi connectivity index (χ3n) is 6.72. The highest BCUT2D eigenvalue weighted by Crippen LogP contribution is 2.26. The summed E-state index contributed by atoms with van der Waals surface area (Å²) in [6.45, 7) is 1.94. The van der Waals surface area contributed by atoms with Gasteiger partial charge < -0.3 is 35.6 Å². The van der Waals surface area contributed by atoms with Gasteiger partial charge in [0, 0.05) is 12.6 Å². The topological polar surface area (TPSA) is 157 Å². The summed E-state index contributed by atoms with van der Waals surface area (Å²) >= 11 is 0. The highest BCUT2D eigenvalue weighted by atomic mass is 16.5. The number of amides is 1. The molecule has 1 heterocycles. The zero-order valence-corrected chi connectivity index (χ0v) is 22.4. The van der Waals surface area contributed by atoms with Crippen LogP contribution in [0.4, 0.5) is 0 Å². The third-order valence-corrected chi connectivity index (χ3v) is 6.72. The summed E-state index contributed by atoms with van der Waals surface area (Å²) in [7, 11) is 0. The highest BCUT2D eigenvalue weighted by molar-refractivity contribution is 5.98. The predicted molar refractivity (Wildman–Crippen MR) is 142 cm³/mol. The molecule has 9 nitrogen and oxygen atoms in total. The number of rotatable bonds is 20. The molecule has 1 rings (SSSR count). The van der Waals surface area contributed by atoms with E-state index in [1.165, 1.54) is 57.8 Å². The van der Waals surface area contributed by atoms with Crippen molar-refractivity contribution in [1.29, 1.82) is 0 Å². The normalized spacial score (nSPS) is 24.5. The smallest absolute Gasteiger partial charge is 0.334 e. The Kier molecular flexibility index (Phi) is 18.2. The summed E-state index contributed by atoms with van der Waals surface area (Å²) in [6.07, 6.45) is 14.1. The van der Waals surface area contributed by atoms with Gasteiger partial charge in [-0.1, -0.05) is 76.9 Å². The Morgan fingerprint density at radius 3 is 1.86 bits per heavy atom. The van der Waals surface area contributed by atoms with E-state index >= 15 is 0 Å². The van der Waals surface area contributed by atoms with Crippen LogP contribution in [0.2, 0.25) is 0 Å². The van der Waals surface area contributed by atoms with Gasteiger partial charge in [-0.05, 0) is 32.1 Å². The van der Waals surface area contributed by atoms with E-state index in [1.54, 1.807) is 0 Å². The first-order valence-electron chi connectivity index (χ1n) is 14.0. The summed E-state index contributed by atoms with van der Waals surface area (Å²) in [5, 5.41) is 51.2. The van der Waals surface area contributed by atoms with Crippen LogP contribution in [0.3, 0.4) is 0 Å². The average Bonchev–Trinajstić information content (AvgIpc) is 2.88. The number of aliphatic hydroxyl groups is 4. The summed E-state index contributed by atoms with van der Waals surface area (Å²) in [5.41, 5.74) is -0.560. The quantitative estimate of drug-likeness (QED) is 0.0801. The number of aliphatic hydroxyl groups excluding tert-OH is 4. The molecule has 6 N–H and O–H groups in total. The molecule has 0 aromatic carbocycles. The first-order chi connectivity index (χ1) is 17.8. The zero-order chi connectivity index (χ0) is 27.5. The molecule has 0 radical (unpaired) electrons. The summed E-state index contributed by atoms with van der Waals surface area (Å²) in [4.78, 5) is 23.9. The van der Waals surface area contributed by atoms with E-state index in [0.717, 1.165) is 38.2 Å². The van der Waals surface area contributed by atoms with Gasteiger partial charge in [0.15, 0.2) is 0 Å². The molecule has 1 fully saturated rings. The van der Waals surface area contributed by atoms with E-state index in [9.17, 15) is 35.1 Å². The molecule has 1 unspecified atom stereocenters. The van der Waals surface area contributed by atoms with Gasteiger partial charge in [-0.2, -0.15) is 0 Å². The summed E-state index contributed by atoms with van der Waals surface area (Å²) in [5.74, 6) is -2.15. The molecule has 0 aromatic heterocycles. The zero-order valence-electron chi connectivity index (χ0n) is 22.4. The maximum atomic E-state index is 12.2. The van der Waals surface area contributed by atoms with Crippen molar-refractivity contribution in [3.63, 3.8) is 0 Å². The van der Waals surface area contributed by atoms with Crippen molar-refractivity contribution in [2.45, 2.75) is 127 Å². The first-order valence-corrected chi connectivity index (χ1v) is 14.0. The van der Waals surface area contributed by atoms with Gasteiger partial charge in [0.2, 0.25) is 5.91 Å². The number of hydrogen-bond acceptors (Lipinski definition) is 7. The molecule has 0 saturated carbocycles. The number of ether oxygens (including phenoxy) is 1. The number of unbranched alkanes of at least 4 members (excludes halogenated alkanes) is 12. The number of carbonyl (C=O) groups is 2. The molecule has 1 saturated heterocycles. The lowest BCUT2D eigenvalue weighted by Gasteiger charge is -2.40. The van der Waals surface area contributed by atoms with E-state index in [-0.39, 0.29) is 0 Å². The minimum absolute atomic E-state index is 0.387. The van der Waals surface area contributed by atoms with Crippen molar-refractivity contribution >= 4 is 11.9 Å². The standard InChI is InChI=1S/C28H49NO8/c1-2-3-4-5-6-7-8-9-10-11-12-13-14-15-16-17-18-29-23(31)19-21(28(35)36)27-26(34)25(33)24(32)22(20-30)37-27/h9-10,19,22,24-27,30,32-34H,2-8,11-18,20H2,1H3,(H,29,31)(H,35,36)/b10-9-,21-19-/t22-,24-,25+,26-,27?/m1/s1. The van der Waals surface area contributed by atoms with Crippen LogP contribution >= 0.6 is 0 Å². The van der Waals surface area contributed by atoms with Crippen LogP contribution in [0.15, 0.2) is 23.8 Å². The van der Waals surface area contributed by atoms with Crippen LogP contribution in [0.25, 0.3) is 0 Å². The molecule has 0 aromatic rings. The monoisotopic (exact) mass is 527 g/mol. The van der Waals surface area contributed by atoms with Crippen molar-refractivity contribution < 1.29 is 39.9 Å². The van der Waals surface area contributed by atoms with Gasteiger partial charge >= 0.3 is 5.97 Å². The van der Waals surface area contributed by atoms with Crippen LogP contribution in [-0.4, -0.2) is 81.1 Å². The van der Waals surface area contributed by atoms with Crippen molar-refractivity contribution in [2.24, 2.45) is 0 Å². The fraction of sp³-hybridized carbons (Fsp3) is 0.786. The van der Waals surface area contributed by atoms with Crippen molar-refractivity contribution in [2.75, 3.05) is 13.2 Å². The van der Waals surface area contributed by atoms with Crippen molar-refractivity contribution in [3.05, 3.63) is 23.8 Å². The number of carbonyl (C=O) groups excluding carboxylic acids is 1. The van der Waals surface area contributed by atoms with Gasteiger partial charge in [0.05, 0.1) is 12.2 Å². The molecule has 0 spiro atoms. The van der Waals surface area contributed by atoms with Gasteiger partial charge in [-0.15, -0.1) is 0 Å². The molecule has 0 aliphatic carbocycles. The van der Waals surface area contributed by atoms with E-state index < -0.39 is 54.6 Å². The number of carboxylic acids is 1. The predicted octanol–water partition coefficient (Wildman–Crippen LogP) is 2.99. The number of aliphatic carboxylic acids is 1. The summed E-state index contributed by atoms with van der Waals surface area (Å²) in [6, 6.07) is 0. The lowest BCUT2D eigenvalue weighted by Crippen LogP contribution is -2.59. The van der Waals surface area contributed by atoms with Crippen LogP contribution in [0, 0.1) is 0 Å². The van der Waals surface area contributed by atoms with E-state index in [4.69, 9.17) is 4.74 Å². The van der Waals surface area contributed by atoms with Gasteiger partial charge in [-0.3, -0.25) is 4.79 Å². The highest BCUT2D eigenvalue weighted by Gasteiger charge is 2.46. The Balaban J connectivity index is 2.18. The molecular weight excluding hydrogens is 478 g/mol. The Bertz CT molecular complexity index is 694. The van der Waals surface area contributed by atoms with Crippen LogP contribution < -0.4 is 5.32 Å². The second-order valence-corrected chi connectivity index (χ2v) is 9.88. The second-order valence-electron chi connectivity index (χ2n) is 9.88. The molecule has 37 heavy (non-hydrogen) atoms. The molecule has 214 valence electrons. The lowest BCUT2D eigenvalue weighted by molar-refractivity contribution is -0.220. The third kappa shape index (κ3) is 13.5. The molecule has 5 atom stereocenters. The van der Waals surface area contributed by atoms with Gasteiger partial charge in [-0.25, -0.2) is 4.79 Å². The first kappa shape index (κ1) is 33.2. The van der Waals surface area contributed by atoms with E-state index in [2.05, 4.69) is 24.4 Å². The minimum Gasteiger partial charge on any atom is -0.478 e. The lowest BCUT2D eigenvalue weighted by atomic mass is 9.91. The fourth-order valence-electron chi connectivity index (χ4n) is 4.40. The van der Waals surface area contributed by atoms with Crippen molar-refractivity contribution in [3.8, 4) is 0 Å². The minimum atomic E-state index is -1.76. The SMILES string of the molecule is CCCCCCCC/C=C\CCCCCCCCNC(=O)/C=C(\C(=O)O)C1O[C@H](CO)[C@@H](O)[C@H](O)[C@H]1O. The van der Waals surface area contributed by atoms with E-state index in [1.807, 2.05) is 0 Å². The van der Waals surface area contributed by atoms with Crippen LogP contribution in [0.5, 0.6) is 0 Å². The molecule has 1 aliphatic rings. The van der Waals surface area contributed by atoms with Crippen LogP contribution in [-0.2, 0) is 14.3 Å². The Morgan fingerprint density at radius 1 is 0.784 bits per heavy atom. The van der Waals surface area contributed by atoms with E-state index in [0.29, 0.717) is 6.54 Å². The second kappa shape index (κ2) is 20.2. The maximum absolute atomic E-state index is 12.2. The Morgan fingerprint density at radius 2 is 1.32 bits per heavy atom. The molecular formula is C28H49NO8. The van der Waals surface area contributed by atoms with Crippen LogP contribution in [0.1, 0.15) is 96.8 Å². The summed E-state index contributed by atoms with van der Waals surface area (Å²) < 4.78 is 5.25. The molecule has 1 amide bonds. The van der Waals surface area contributed by atoms with Crippen molar-refractivity contribution in [1.82, 2.24) is 5.32 Å². The number of nitrogens with one attached hydrogen (secondary N) is 1. The van der Waals surface area contributed by atoms with Gasteiger partial charge in [0.25, 0.3) is 0 Å². The molecule has 1 aliphatic heterocycles. The fourth-order valence-corrected chi connectivity index (χ4v) is 4.40. The Hall–Kier alpha value is -1.78. The molecule has 0 bridgehead atoms. The number of carboxylic acid groups (broad SMARTS) is 1. The average molecular weight is 528 g/mol. The maximum Gasteiger partial charge on any atom is 0.334 e. The molecule has 9 heteroatoms. The largest absolute Gasteiger partial charge is 0.478 e. The van der Waals surface area contributed by atoms with Gasteiger partial charge in [0.1, 0.15) is 30.5 Å². The Labute approximate surface area is 221 Å².